The molecule has 0 saturated heterocycles. The van der Waals surface area contributed by atoms with Crippen LogP contribution in [0.5, 0.6) is 0 Å². The van der Waals surface area contributed by atoms with Crippen LogP contribution in [0.25, 0.3) is 5.69 Å². The molecule has 6 nitrogen and oxygen atoms in total. The zero-order valence-corrected chi connectivity index (χ0v) is 13.5. The quantitative estimate of drug-likeness (QED) is 0.806. The Bertz CT molecular complexity index is 865. The minimum absolute atomic E-state index is 0.00647. The molecule has 1 aliphatic carbocycles. The van der Waals surface area contributed by atoms with E-state index in [1.165, 1.54) is 0 Å². The molecule has 1 atom stereocenters. The van der Waals surface area contributed by atoms with E-state index in [1.54, 1.807) is 6.20 Å². The second-order valence-electron chi connectivity index (χ2n) is 6.11. The fourth-order valence-electron chi connectivity index (χ4n) is 3.26. The third-order valence-electron chi connectivity index (χ3n) is 4.40. The number of aryl methyl sites for hydroxylation is 2. The van der Waals surface area contributed by atoms with Crippen LogP contribution in [0.15, 0.2) is 49.1 Å². The maximum atomic E-state index is 12.6. The van der Waals surface area contributed by atoms with Crippen LogP contribution in [0.4, 0.5) is 0 Å². The predicted octanol–water partition coefficient (Wildman–Crippen LogP) is 2.41. The predicted molar refractivity (Wildman–Crippen MR) is 89.9 cm³/mol. The number of carbonyl (C=O) groups is 1. The van der Waals surface area contributed by atoms with Crippen molar-refractivity contribution >= 4 is 5.91 Å². The molecule has 0 radical (unpaired) electrons. The molecule has 0 fully saturated rings. The number of amides is 1. The van der Waals surface area contributed by atoms with Crippen LogP contribution in [0.1, 0.15) is 40.6 Å². The fraction of sp³-hybridized carbons (Fsp3) is 0.278. The van der Waals surface area contributed by atoms with E-state index in [0.717, 1.165) is 36.2 Å². The van der Waals surface area contributed by atoms with Crippen LogP contribution in [0, 0.1) is 0 Å². The van der Waals surface area contributed by atoms with Crippen LogP contribution in [0.3, 0.4) is 0 Å². The third kappa shape index (κ3) is 2.71. The first-order valence-electron chi connectivity index (χ1n) is 8.13. The van der Waals surface area contributed by atoms with Crippen molar-refractivity contribution in [1.29, 1.82) is 0 Å². The van der Waals surface area contributed by atoms with Gasteiger partial charge in [0.2, 0.25) is 0 Å². The van der Waals surface area contributed by atoms with E-state index in [-0.39, 0.29) is 11.9 Å². The van der Waals surface area contributed by atoms with Gasteiger partial charge in [-0.05, 0) is 43.5 Å². The van der Waals surface area contributed by atoms with E-state index in [1.807, 2.05) is 59.2 Å². The smallest absolute Gasteiger partial charge is 0.270 e. The third-order valence-corrected chi connectivity index (χ3v) is 4.40. The van der Waals surface area contributed by atoms with Crippen molar-refractivity contribution in [1.82, 2.24) is 24.6 Å². The lowest BCUT2D eigenvalue weighted by Crippen LogP contribution is -2.31. The summed E-state index contributed by atoms with van der Waals surface area (Å²) in [5.41, 5.74) is 3.56. The molecule has 3 aromatic heterocycles. The van der Waals surface area contributed by atoms with E-state index in [4.69, 9.17) is 0 Å². The van der Waals surface area contributed by atoms with Crippen molar-refractivity contribution in [3.05, 3.63) is 66.0 Å². The second kappa shape index (κ2) is 5.96. The van der Waals surface area contributed by atoms with E-state index < -0.39 is 0 Å². The van der Waals surface area contributed by atoms with Crippen molar-refractivity contribution in [2.45, 2.75) is 25.3 Å². The Kier molecular flexibility index (Phi) is 3.65. The standard InChI is InChI=1S/C18H19N5O/c1-22-12-14-15(5-4-6-16(14)21-22)20-18(24)17-11-13(7-8-19-17)23-9-2-3-10-23/h2-3,7-12,15H,4-6H2,1H3,(H,20,24). The number of pyridine rings is 1. The average molecular weight is 321 g/mol. The van der Waals surface area contributed by atoms with Gasteiger partial charge in [0.1, 0.15) is 5.69 Å². The van der Waals surface area contributed by atoms with Gasteiger partial charge in [-0.15, -0.1) is 0 Å². The van der Waals surface area contributed by atoms with Crippen LogP contribution < -0.4 is 5.32 Å². The summed E-state index contributed by atoms with van der Waals surface area (Å²) in [5, 5.41) is 7.59. The lowest BCUT2D eigenvalue weighted by Gasteiger charge is -2.22. The molecule has 0 spiro atoms. The summed E-state index contributed by atoms with van der Waals surface area (Å²) in [7, 11) is 1.92. The SMILES string of the molecule is Cn1cc2c(n1)CCCC2NC(=O)c1cc(-n2cccc2)ccn1. The van der Waals surface area contributed by atoms with Crippen molar-refractivity contribution < 1.29 is 4.79 Å². The Hall–Kier alpha value is -2.89. The van der Waals surface area contributed by atoms with Crippen molar-refractivity contribution in [3.8, 4) is 5.69 Å². The molecule has 122 valence electrons. The maximum Gasteiger partial charge on any atom is 0.270 e. The lowest BCUT2D eigenvalue weighted by molar-refractivity contribution is 0.0927. The molecule has 0 bridgehead atoms. The lowest BCUT2D eigenvalue weighted by atomic mass is 9.93. The summed E-state index contributed by atoms with van der Waals surface area (Å²) >= 11 is 0. The molecule has 24 heavy (non-hydrogen) atoms. The summed E-state index contributed by atoms with van der Waals surface area (Å²) < 4.78 is 3.78. The number of hydrogen-bond donors (Lipinski definition) is 1. The molecule has 3 aromatic rings. The molecule has 1 unspecified atom stereocenters. The van der Waals surface area contributed by atoms with Gasteiger partial charge in [-0.25, -0.2) is 0 Å². The molecule has 0 saturated carbocycles. The summed E-state index contributed by atoms with van der Waals surface area (Å²) in [4.78, 5) is 16.9. The summed E-state index contributed by atoms with van der Waals surface area (Å²) in [6, 6.07) is 7.60. The molecule has 0 aromatic carbocycles. The Morgan fingerprint density at radius 1 is 1.33 bits per heavy atom. The maximum absolute atomic E-state index is 12.6. The molecule has 1 N–H and O–H groups in total. The number of aromatic nitrogens is 4. The highest BCUT2D eigenvalue weighted by molar-refractivity contribution is 5.93. The van der Waals surface area contributed by atoms with Crippen LogP contribution in [0.2, 0.25) is 0 Å². The Labute approximate surface area is 140 Å². The number of nitrogens with one attached hydrogen (secondary N) is 1. The van der Waals surface area contributed by atoms with Gasteiger partial charge in [0.05, 0.1) is 11.7 Å². The van der Waals surface area contributed by atoms with Crippen LogP contribution in [-0.2, 0) is 13.5 Å². The minimum Gasteiger partial charge on any atom is -0.344 e. The molecule has 0 aliphatic heterocycles. The number of fused-ring (bicyclic) bond motifs is 1. The van der Waals surface area contributed by atoms with Gasteiger partial charge in [0.25, 0.3) is 5.91 Å². The number of hydrogen-bond acceptors (Lipinski definition) is 3. The van der Waals surface area contributed by atoms with Crippen molar-refractivity contribution in [2.24, 2.45) is 7.05 Å². The molecule has 1 aliphatic rings. The molecular weight excluding hydrogens is 302 g/mol. The highest BCUT2D eigenvalue weighted by Gasteiger charge is 2.25. The van der Waals surface area contributed by atoms with E-state index >= 15 is 0 Å². The molecule has 1 amide bonds. The van der Waals surface area contributed by atoms with Crippen molar-refractivity contribution in [2.75, 3.05) is 0 Å². The highest BCUT2D eigenvalue weighted by atomic mass is 16.1. The van der Waals surface area contributed by atoms with E-state index in [2.05, 4.69) is 15.4 Å². The first-order chi connectivity index (χ1) is 11.7. The van der Waals surface area contributed by atoms with Crippen molar-refractivity contribution in [3.63, 3.8) is 0 Å². The number of carbonyl (C=O) groups excluding carboxylic acids is 1. The molecule has 4 rings (SSSR count). The minimum atomic E-state index is -0.147. The summed E-state index contributed by atoms with van der Waals surface area (Å²) in [5.74, 6) is -0.147. The Morgan fingerprint density at radius 3 is 3.00 bits per heavy atom. The topological polar surface area (TPSA) is 64.7 Å². The molecule has 3 heterocycles. The first-order valence-corrected chi connectivity index (χ1v) is 8.13. The largest absolute Gasteiger partial charge is 0.344 e. The van der Waals surface area contributed by atoms with E-state index in [9.17, 15) is 4.79 Å². The van der Waals surface area contributed by atoms with Crippen LogP contribution in [-0.4, -0.2) is 25.2 Å². The zero-order valence-electron chi connectivity index (χ0n) is 13.5. The Morgan fingerprint density at radius 2 is 2.17 bits per heavy atom. The van der Waals surface area contributed by atoms with E-state index in [0.29, 0.717) is 5.69 Å². The fourth-order valence-corrected chi connectivity index (χ4v) is 3.26. The van der Waals surface area contributed by atoms with Gasteiger partial charge in [0, 0.05) is 43.1 Å². The number of rotatable bonds is 3. The van der Waals surface area contributed by atoms with Gasteiger partial charge in [-0.3, -0.25) is 14.5 Å². The zero-order chi connectivity index (χ0) is 16.5. The van der Waals surface area contributed by atoms with Gasteiger partial charge in [0.15, 0.2) is 0 Å². The van der Waals surface area contributed by atoms with Gasteiger partial charge >= 0.3 is 0 Å². The normalized spacial score (nSPS) is 16.6. The first kappa shape index (κ1) is 14.7. The van der Waals surface area contributed by atoms with Gasteiger partial charge < -0.3 is 9.88 Å². The summed E-state index contributed by atoms with van der Waals surface area (Å²) in [6.07, 6.45) is 10.5. The molecule has 6 heteroatoms. The number of nitrogens with zero attached hydrogens (tertiary/aromatic N) is 4. The molecular formula is C18H19N5O. The van der Waals surface area contributed by atoms with Gasteiger partial charge in [-0.1, -0.05) is 0 Å². The second-order valence-corrected chi connectivity index (χ2v) is 6.11. The Balaban J connectivity index is 1.56. The highest BCUT2D eigenvalue weighted by Crippen LogP contribution is 2.28. The van der Waals surface area contributed by atoms with Crippen LogP contribution >= 0.6 is 0 Å². The average Bonchev–Trinajstić information content (AvgIpc) is 3.24. The monoisotopic (exact) mass is 321 g/mol. The summed E-state index contributed by atoms with van der Waals surface area (Å²) in [6.45, 7) is 0. The van der Waals surface area contributed by atoms with Gasteiger partial charge in [-0.2, -0.15) is 5.10 Å².